The van der Waals surface area contributed by atoms with Gasteiger partial charge in [0.15, 0.2) is 0 Å². The van der Waals surface area contributed by atoms with Gasteiger partial charge in [0.1, 0.15) is 10.8 Å². The minimum Gasteiger partial charge on any atom is -0.497 e. The lowest BCUT2D eigenvalue weighted by Crippen LogP contribution is -2.24. The number of hydrogen-bond acceptors (Lipinski definition) is 6. The standard InChI is InChI=1S/C20H17ClN4O3S/c1-28-14-8-6-13(7-9-14)25-11-12(10-17(25)26)19-23-24-20(29-19)22-18(27)15-4-2-3-5-16(15)21/h2-9,12H,10-11H2,1H3,(H,22,24,27)/t12-/m1/s1. The lowest BCUT2D eigenvalue weighted by molar-refractivity contribution is -0.117. The first-order valence-electron chi connectivity index (χ1n) is 8.89. The van der Waals surface area contributed by atoms with Crippen molar-refractivity contribution in [2.45, 2.75) is 12.3 Å². The molecule has 0 bridgehead atoms. The van der Waals surface area contributed by atoms with Gasteiger partial charge in [0, 0.05) is 24.6 Å². The summed E-state index contributed by atoms with van der Waals surface area (Å²) in [6.45, 7) is 0.512. The van der Waals surface area contributed by atoms with Crippen molar-refractivity contribution in [2.24, 2.45) is 0 Å². The number of carbonyl (C=O) groups excluding carboxylic acids is 2. The Bertz CT molecular complexity index is 1050. The van der Waals surface area contributed by atoms with E-state index in [0.29, 0.717) is 33.7 Å². The molecule has 2 amide bonds. The van der Waals surface area contributed by atoms with Gasteiger partial charge in [-0.1, -0.05) is 35.1 Å². The smallest absolute Gasteiger partial charge is 0.259 e. The van der Waals surface area contributed by atoms with Crippen molar-refractivity contribution in [2.75, 3.05) is 23.9 Å². The summed E-state index contributed by atoms with van der Waals surface area (Å²) in [5.41, 5.74) is 1.18. The van der Waals surface area contributed by atoms with E-state index in [2.05, 4.69) is 15.5 Å². The van der Waals surface area contributed by atoms with Crippen LogP contribution in [0, 0.1) is 0 Å². The highest BCUT2D eigenvalue weighted by atomic mass is 35.5. The molecule has 148 valence electrons. The molecule has 9 heteroatoms. The molecule has 1 saturated heterocycles. The van der Waals surface area contributed by atoms with Crippen LogP contribution in [0.1, 0.15) is 27.7 Å². The van der Waals surface area contributed by atoms with Crippen LogP contribution < -0.4 is 15.0 Å². The maximum Gasteiger partial charge on any atom is 0.259 e. The number of rotatable bonds is 5. The Labute approximate surface area is 176 Å². The molecule has 29 heavy (non-hydrogen) atoms. The SMILES string of the molecule is COc1ccc(N2C[C@H](c3nnc(NC(=O)c4ccccc4Cl)s3)CC2=O)cc1. The van der Waals surface area contributed by atoms with Gasteiger partial charge in [-0.05, 0) is 36.4 Å². The van der Waals surface area contributed by atoms with E-state index in [9.17, 15) is 9.59 Å². The van der Waals surface area contributed by atoms with Gasteiger partial charge in [-0.15, -0.1) is 10.2 Å². The Balaban J connectivity index is 1.45. The van der Waals surface area contributed by atoms with Crippen LogP contribution in [-0.2, 0) is 4.79 Å². The van der Waals surface area contributed by atoms with Gasteiger partial charge in [0.2, 0.25) is 11.0 Å². The van der Waals surface area contributed by atoms with Crippen LogP contribution in [0.5, 0.6) is 5.75 Å². The molecule has 0 spiro atoms. The van der Waals surface area contributed by atoms with Gasteiger partial charge < -0.3 is 9.64 Å². The minimum atomic E-state index is -0.347. The van der Waals surface area contributed by atoms with Crippen molar-refractivity contribution in [1.82, 2.24) is 10.2 Å². The summed E-state index contributed by atoms with van der Waals surface area (Å²) in [5, 5.41) is 12.4. The van der Waals surface area contributed by atoms with Crippen LogP contribution >= 0.6 is 22.9 Å². The number of hydrogen-bond donors (Lipinski definition) is 1. The number of nitrogens with one attached hydrogen (secondary N) is 1. The largest absolute Gasteiger partial charge is 0.497 e. The molecule has 1 aromatic heterocycles. The topological polar surface area (TPSA) is 84.4 Å². The number of ether oxygens (including phenoxy) is 1. The van der Waals surface area contributed by atoms with Crippen molar-refractivity contribution in [3.63, 3.8) is 0 Å². The van der Waals surface area contributed by atoms with Crippen LogP contribution in [0.25, 0.3) is 0 Å². The zero-order chi connectivity index (χ0) is 20.4. The van der Waals surface area contributed by atoms with E-state index < -0.39 is 0 Å². The molecule has 1 atom stereocenters. The van der Waals surface area contributed by atoms with Crippen LogP contribution in [0.4, 0.5) is 10.8 Å². The summed E-state index contributed by atoms with van der Waals surface area (Å²) in [7, 11) is 1.60. The normalized spacial score (nSPS) is 16.1. The number of carbonyl (C=O) groups is 2. The van der Waals surface area contributed by atoms with Crippen LogP contribution in [-0.4, -0.2) is 35.7 Å². The Kier molecular flexibility index (Phi) is 5.46. The number of anilines is 2. The Morgan fingerprint density at radius 3 is 2.69 bits per heavy atom. The molecule has 7 nitrogen and oxygen atoms in total. The molecule has 3 aromatic rings. The molecule has 0 unspecified atom stereocenters. The number of aromatic nitrogens is 2. The highest BCUT2D eigenvalue weighted by molar-refractivity contribution is 7.15. The Morgan fingerprint density at radius 1 is 1.21 bits per heavy atom. The summed E-state index contributed by atoms with van der Waals surface area (Å²) in [5.74, 6) is 0.339. The third kappa shape index (κ3) is 4.08. The summed E-state index contributed by atoms with van der Waals surface area (Å²) < 4.78 is 5.16. The van der Waals surface area contributed by atoms with Gasteiger partial charge in [-0.3, -0.25) is 14.9 Å². The fourth-order valence-corrected chi connectivity index (χ4v) is 4.20. The maximum atomic E-state index is 12.5. The third-order valence-electron chi connectivity index (χ3n) is 4.64. The molecule has 4 rings (SSSR count). The van der Waals surface area contributed by atoms with E-state index >= 15 is 0 Å². The fourth-order valence-electron chi connectivity index (χ4n) is 3.14. The zero-order valence-corrected chi connectivity index (χ0v) is 17.0. The Hall–Kier alpha value is -2.97. The Morgan fingerprint density at radius 2 is 1.97 bits per heavy atom. The average molecular weight is 429 g/mol. The molecule has 0 saturated carbocycles. The van der Waals surface area contributed by atoms with E-state index in [1.165, 1.54) is 11.3 Å². The number of halogens is 1. The van der Waals surface area contributed by atoms with E-state index in [4.69, 9.17) is 16.3 Å². The van der Waals surface area contributed by atoms with Crippen molar-refractivity contribution < 1.29 is 14.3 Å². The average Bonchev–Trinajstić information content (AvgIpc) is 3.35. The molecular formula is C20H17ClN4O3S. The summed E-state index contributed by atoms with van der Waals surface area (Å²) >= 11 is 7.33. The molecule has 2 heterocycles. The van der Waals surface area contributed by atoms with Crippen molar-refractivity contribution >= 4 is 45.6 Å². The monoisotopic (exact) mass is 428 g/mol. The van der Waals surface area contributed by atoms with Crippen LogP contribution in [0.2, 0.25) is 5.02 Å². The lowest BCUT2D eigenvalue weighted by Gasteiger charge is -2.16. The second-order valence-electron chi connectivity index (χ2n) is 6.48. The first-order chi connectivity index (χ1) is 14.0. The van der Waals surface area contributed by atoms with Gasteiger partial charge in [0.05, 0.1) is 17.7 Å². The second-order valence-corrected chi connectivity index (χ2v) is 7.90. The summed E-state index contributed by atoms with van der Waals surface area (Å²) in [6, 6.07) is 14.1. The molecule has 1 fully saturated rings. The van der Waals surface area contributed by atoms with Crippen LogP contribution in [0.15, 0.2) is 48.5 Å². The lowest BCUT2D eigenvalue weighted by atomic mass is 10.1. The van der Waals surface area contributed by atoms with Gasteiger partial charge in [-0.25, -0.2) is 0 Å². The van der Waals surface area contributed by atoms with Gasteiger partial charge in [0.25, 0.3) is 5.91 Å². The van der Waals surface area contributed by atoms with Crippen molar-refractivity contribution in [1.29, 1.82) is 0 Å². The highest BCUT2D eigenvalue weighted by Crippen LogP contribution is 2.35. The third-order valence-corrected chi connectivity index (χ3v) is 5.97. The quantitative estimate of drug-likeness (QED) is 0.664. The second kappa shape index (κ2) is 8.18. The number of amides is 2. The molecule has 1 aliphatic rings. The van der Waals surface area contributed by atoms with E-state index in [-0.39, 0.29) is 17.7 Å². The zero-order valence-electron chi connectivity index (χ0n) is 15.5. The van der Waals surface area contributed by atoms with Crippen LogP contribution in [0.3, 0.4) is 0 Å². The number of nitrogens with zero attached hydrogens (tertiary/aromatic N) is 3. The highest BCUT2D eigenvalue weighted by Gasteiger charge is 2.34. The molecule has 1 N–H and O–H groups in total. The maximum absolute atomic E-state index is 12.5. The minimum absolute atomic E-state index is 0.0250. The number of benzene rings is 2. The number of methoxy groups -OCH3 is 1. The van der Waals surface area contributed by atoms with E-state index in [1.807, 2.05) is 24.3 Å². The van der Waals surface area contributed by atoms with E-state index in [0.717, 1.165) is 11.4 Å². The van der Waals surface area contributed by atoms with Crippen molar-refractivity contribution in [3.8, 4) is 5.75 Å². The van der Waals surface area contributed by atoms with Gasteiger partial charge >= 0.3 is 0 Å². The first kappa shape index (κ1) is 19.4. The summed E-state index contributed by atoms with van der Waals surface area (Å²) in [6.07, 6.45) is 0.346. The first-order valence-corrected chi connectivity index (χ1v) is 10.1. The van der Waals surface area contributed by atoms with Crippen molar-refractivity contribution in [3.05, 3.63) is 64.1 Å². The van der Waals surface area contributed by atoms with Gasteiger partial charge in [-0.2, -0.15) is 0 Å². The molecule has 0 aliphatic carbocycles. The molecule has 2 aromatic carbocycles. The molecule has 0 radical (unpaired) electrons. The predicted octanol–water partition coefficient (Wildman–Crippen LogP) is 3.97. The predicted molar refractivity (Wildman–Crippen MR) is 112 cm³/mol. The summed E-state index contributed by atoms with van der Waals surface area (Å²) in [4.78, 5) is 26.6. The molecule has 1 aliphatic heterocycles. The molecular weight excluding hydrogens is 412 g/mol. The van der Waals surface area contributed by atoms with E-state index in [1.54, 1.807) is 36.3 Å². The fraction of sp³-hybridized carbons (Fsp3) is 0.200.